The van der Waals surface area contributed by atoms with Crippen molar-refractivity contribution in [1.82, 2.24) is 0 Å². The van der Waals surface area contributed by atoms with Crippen LogP contribution in [0.25, 0.3) is 0 Å². The standard InChI is InChI=1S/C19H30ClN/c1-12-10-16(17(20)11-13(12)2)18(21)14-6-8-15(9-7-14)19(3,4)5/h10-11,14-15,18H,6-9,21H2,1-5H3. The molecule has 0 amide bonds. The van der Waals surface area contributed by atoms with Crippen LogP contribution < -0.4 is 5.73 Å². The van der Waals surface area contributed by atoms with Crippen LogP contribution in [-0.4, -0.2) is 0 Å². The first-order valence-electron chi connectivity index (χ1n) is 8.22. The first kappa shape index (κ1) is 16.8. The molecule has 0 spiro atoms. The molecule has 2 rings (SSSR count). The summed E-state index contributed by atoms with van der Waals surface area (Å²) in [6.07, 6.45) is 5.05. The predicted molar refractivity (Wildman–Crippen MR) is 92.8 cm³/mol. The fourth-order valence-corrected chi connectivity index (χ4v) is 4.00. The van der Waals surface area contributed by atoms with Crippen LogP contribution in [-0.2, 0) is 0 Å². The van der Waals surface area contributed by atoms with Gasteiger partial charge in [-0.2, -0.15) is 0 Å². The van der Waals surface area contributed by atoms with E-state index < -0.39 is 0 Å². The van der Waals surface area contributed by atoms with Gasteiger partial charge in [0.2, 0.25) is 0 Å². The van der Waals surface area contributed by atoms with Crippen LogP contribution in [0.5, 0.6) is 0 Å². The fourth-order valence-electron chi connectivity index (χ4n) is 3.66. The van der Waals surface area contributed by atoms with Gasteiger partial charge in [0.15, 0.2) is 0 Å². The molecule has 1 atom stereocenters. The smallest absolute Gasteiger partial charge is 0.0456 e. The third kappa shape index (κ3) is 3.81. The van der Waals surface area contributed by atoms with Crippen LogP contribution >= 0.6 is 11.6 Å². The predicted octanol–water partition coefficient (Wildman–Crippen LogP) is 5.81. The normalized spacial score (nSPS) is 24.9. The molecule has 0 radical (unpaired) electrons. The van der Waals surface area contributed by atoms with Crippen LogP contribution in [0.3, 0.4) is 0 Å². The third-order valence-electron chi connectivity index (χ3n) is 5.48. The molecule has 1 nitrogen and oxygen atoms in total. The zero-order chi connectivity index (χ0) is 15.8. The number of rotatable bonds is 2. The Balaban J connectivity index is 2.09. The van der Waals surface area contributed by atoms with Gasteiger partial charge in [-0.1, -0.05) is 38.4 Å². The molecule has 0 aromatic heterocycles. The molecule has 1 saturated carbocycles. The Morgan fingerprint density at radius 3 is 2.10 bits per heavy atom. The minimum absolute atomic E-state index is 0.0812. The van der Waals surface area contributed by atoms with Gasteiger partial charge in [0.25, 0.3) is 0 Å². The quantitative estimate of drug-likeness (QED) is 0.733. The first-order valence-corrected chi connectivity index (χ1v) is 8.60. The fraction of sp³-hybridized carbons (Fsp3) is 0.684. The zero-order valence-electron chi connectivity index (χ0n) is 14.2. The van der Waals surface area contributed by atoms with Crippen LogP contribution in [0, 0.1) is 31.1 Å². The lowest BCUT2D eigenvalue weighted by Crippen LogP contribution is -2.30. The monoisotopic (exact) mass is 307 g/mol. The summed E-state index contributed by atoms with van der Waals surface area (Å²) in [4.78, 5) is 0. The zero-order valence-corrected chi connectivity index (χ0v) is 14.9. The van der Waals surface area contributed by atoms with Crippen molar-refractivity contribution in [2.75, 3.05) is 0 Å². The average molecular weight is 308 g/mol. The van der Waals surface area contributed by atoms with Crippen molar-refractivity contribution in [3.8, 4) is 0 Å². The van der Waals surface area contributed by atoms with E-state index in [1.807, 2.05) is 0 Å². The van der Waals surface area contributed by atoms with Gasteiger partial charge in [-0.15, -0.1) is 0 Å². The molecule has 118 valence electrons. The third-order valence-corrected chi connectivity index (χ3v) is 5.80. The van der Waals surface area contributed by atoms with E-state index in [0.717, 1.165) is 16.5 Å². The molecule has 0 bridgehead atoms. The lowest BCUT2D eigenvalue weighted by atomic mass is 9.68. The van der Waals surface area contributed by atoms with Gasteiger partial charge in [0, 0.05) is 11.1 Å². The second-order valence-electron chi connectivity index (χ2n) is 7.96. The van der Waals surface area contributed by atoms with Crippen LogP contribution in [0.1, 0.15) is 69.2 Å². The maximum Gasteiger partial charge on any atom is 0.0456 e. The molecule has 1 aliphatic carbocycles. The Hall–Kier alpha value is -0.530. The summed E-state index contributed by atoms with van der Waals surface area (Å²) in [5.74, 6) is 1.40. The van der Waals surface area contributed by atoms with E-state index in [2.05, 4.69) is 46.8 Å². The van der Waals surface area contributed by atoms with Crippen molar-refractivity contribution in [3.05, 3.63) is 33.8 Å². The second kappa shape index (κ2) is 6.30. The van der Waals surface area contributed by atoms with Gasteiger partial charge >= 0.3 is 0 Å². The van der Waals surface area contributed by atoms with Gasteiger partial charge in [0.1, 0.15) is 0 Å². The van der Waals surface area contributed by atoms with Crippen LogP contribution in [0.15, 0.2) is 12.1 Å². The topological polar surface area (TPSA) is 26.0 Å². The lowest BCUT2D eigenvalue weighted by molar-refractivity contribution is 0.139. The summed E-state index contributed by atoms with van der Waals surface area (Å²) in [5, 5.41) is 0.837. The van der Waals surface area contributed by atoms with Crippen molar-refractivity contribution in [1.29, 1.82) is 0 Å². The Bertz CT molecular complexity index is 493. The van der Waals surface area contributed by atoms with Crippen molar-refractivity contribution >= 4 is 11.6 Å². The minimum atomic E-state index is 0.0812. The maximum atomic E-state index is 6.56. The molecule has 2 N–H and O–H groups in total. The summed E-state index contributed by atoms with van der Waals surface area (Å²) in [6, 6.07) is 4.34. The highest BCUT2D eigenvalue weighted by Gasteiger charge is 2.32. The Kier molecular flexibility index (Phi) is 5.05. The summed E-state index contributed by atoms with van der Waals surface area (Å²) < 4.78 is 0. The van der Waals surface area contributed by atoms with Crippen molar-refractivity contribution < 1.29 is 0 Å². The van der Waals surface area contributed by atoms with Gasteiger partial charge in [0.05, 0.1) is 0 Å². The van der Waals surface area contributed by atoms with E-state index in [-0.39, 0.29) is 6.04 Å². The Labute approximate surface area is 135 Å². The number of halogens is 1. The molecule has 1 aromatic carbocycles. The molecular weight excluding hydrogens is 278 g/mol. The molecule has 21 heavy (non-hydrogen) atoms. The molecule has 0 heterocycles. The summed E-state index contributed by atoms with van der Waals surface area (Å²) in [6.45, 7) is 11.3. The van der Waals surface area contributed by atoms with Crippen LogP contribution in [0.2, 0.25) is 5.02 Å². The van der Waals surface area contributed by atoms with Gasteiger partial charge in [-0.05, 0) is 79.5 Å². The van der Waals surface area contributed by atoms with Gasteiger partial charge in [-0.3, -0.25) is 0 Å². The SMILES string of the molecule is Cc1cc(Cl)c(C(N)C2CCC(C(C)(C)C)CC2)cc1C. The Morgan fingerprint density at radius 2 is 1.57 bits per heavy atom. The van der Waals surface area contributed by atoms with Crippen molar-refractivity contribution in [3.63, 3.8) is 0 Å². The number of nitrogens with two attached hydrogens (primary N) is 1. The highest BCUT2D eigenvalue weighted by molar-refractivity contribution is 6.31. The van der Waals surface area contributed by atoms with E-state index in [1.54, 1.807) is 0 Å². The molecule has 2 heteroatoms. The second-order valence-corrected chi connectivity index (χ2v) is 8.37. The highest BCUT2D eigenvalue weighted by Crippen LogP contribution is 2.43. The van der Waals surface area contributed by atoms with E-state index >= 15 is 0 Å². The number of hydrogen-bond acceptors (Lipinski definition) is 1. The average Bonchev–Trinajstić information content (AvgIpc) is 2.41. The molecule has 0 aliphatic heterocycles. The lowest BCUT2D eigenvalue weighted by Gasteiger charge is -2.39. The Morgan fingerprint density at radius 1 is 1.05 bits per heavy atom. The summed E-state index contributed by atoms with van der Waals surface area (Å²) >= 11 is 6.44. The highest BCUT2D eigenvalue weighted by atomic mass is 35.5. The number of aryl methyl sites for hydroxylation is 2. The largest absolute Gasteiger partial charge is 0.324 e. The maximum absolute atomic E-state index is 6.56. The summed E-state index contributed by atoms with van der Waals surface area (Å²) in [5.41, 5.74) is 10.6. The van der Waals surface area contributed by atoms with Crippen molar-refractivity contribution in [2.45, 2.75) is 66.3 Å². The van der Waals surface area contributed by atoms with E-state index in [4.69, 9.17) is 17.3 Å². The molecule has 1 aliphatic rings. The van der Waals surface area contributed by atoms with E-state index in [9.17, 15) is 0 Å². The minimum Gasteiger partial charge on any atom is -0.324 e. The van der Waals surface area contributed by atoms with Crippen LogP contribution in [0.4, 0.5) is 0 Å². The van der Waals surface area contributed by atoms with E-state index in [1.165, 1.54) is 36.8 Å². The van der Waals surface area contributed by atoms with Gasteiger partial charge < -0.3 is 5.73 Å². The molecular formula is C19H30ClN. The number of benzene rings is 1. The molecule has 1 aromatic rings. The molecule has 0 saturated heterocycles. The van der Waals surface area contributed by atoms with Gasteiger partial charge in [-0.25, -0.2) is 0 Å². The van der Waals surface area contributed by atoms with Crippen molar-refractivity contribution in [2.24, 2.45) is 23.0 Å². The molecule has 1 fully saturated rings. The molecule has 1 unspecified atom stereocenters. The van der Waals surface area contributed by atoms with E-state index in [0.29, 0.717) is 11.3 Å². The summed E-state index contributed by atoms with van der Waals surface area (Å²) in [7, 11) is 0. The first-order chi connectivity index (χ1) is 9.70. The number of hydrogen-bond donors (Lipinski definition) is 1.